The zero-order valence-corrected chi connectivity index (χ0v) is 26.0. The number of nitrogens with zero attached hydrogens (tertiary/aromatic N) is 4. The van der Waals surface area contributed by atoms with Gasteiger partial charge in [0.1, 0.15) is 35.4 Å². The Bertz CT molecular complexity index is 1630. The molecule has 0 amide bonds. The van der Waals surface area contributed by atoms with Gasteiger partial charge in [0.2, 0.25) is 0 Å². The summed E-state index contributed by atoms with van der Waals surface area (Å²) in [5.74, 6) is 0. The highest BCUT2D eigenvalue weighted by Crippen LogP contribution is 2.47. The van der Waals surface area contributed by atoms with Gasteiger partial charge in [0, 0.05) is 39.0 Å². The summed E-state index contributed by atoms with van der Waals surface area (Å²) in [7, 11) is 0. The fraction of sp³-hybridized carbons (Fsp3) is 0.250. The number of hydrogen-bond acceptors (Lipinski definition) is 8. The summed E-state index contributed by atoms with van der Waals surface area (Å²) in [4.78, 5) is 9.23. The Hall–Kier alpha value is -3.76. The van der Waals surface area contributed by atoms with Crippen LogP contribution in [0.2, 0.25) is 0 Å². The van der Waals surface area contributed by atoms with Crippen LogP contribution in [0.1, 0.15) is 59.7 Å². The first kappa shape index (κ1) is 29.2. The summed E-state index contributed by atoms with van der Waals surface area (Å²) in [5.41, 5.74) is 5.28. The Kier molecular flexibility index (Phi) is 9.54. The molecule has 0 aliphatic rings. The fourth-order valence-electron chi connectivity index (χ4n) is 4.82. The lowest BCUT2D eigenvalue weighted by Gasteiger charge is -2.02. The van der Waals surface area contributed by atoms with Crippen LogP contribution in [0.5, 0.6) is 0 Å². The van der Waals surface area contributed by atoms with Gasteiger partial charge in [-0.1, -0.05) is 27.7 Å². The lowest BCUT2D eigenvalue weighted by atomic mass is 10.0. The highest BCUT2D eigenvalue weighted by atomic mass is 32.1. The second-order valence-corrected chi connectivity index (χ2v) is 13.1. The van der Waals surface area contributed by atoms with Crippen LogP contribution in [0, 0.1) is 45.3 Å². The third-order valence-corrected chi connectivity index (χ3v) is 11.8. The quantitative estimate of drug-likeness (QED) is 0.180. The van der Waals surface area contributed by atoms with Gasteiger partial charge in [0.15, 0.2) is 0 Å². The maximum Gasteiger partial charge on any atom is 0.131 e. The Balaban J connectivity index is 1.74. The smallest absolute Gasteiger partial charge is 0.131 e. The first-order valence-corrected chi connectivity index (χ1v) is 16.3. The van der Waals surface area contributed by atoms with E-state index in [1.807, 2.05) is 24.3 Å². The van der Waals surface area contributed by atoms with Crippen molar-refractivity contribution in [1.82, 2.24) is 0 Å². The number of thiophene rings is 4. The summed E-state index contributed by atoms with van der Waals surface area (Å²) in [6, 6.07) is 16.7. The van der Waals surface area contributed by atoms with Crippen molar-refractivity contribution in [1.29, 1.82) is 21.0 Å². The summed E-state index contributed by atoms with van der Waals surface area (Å²) in [6.07, 6.45) is 6.93. The normalized spacial score (nSPS) is 10.3. The predicted octanol–water partition coefficient (Wildman–Crippen LogP) is 10.0. The lowest BCUT2D eigenvalue weighted by Crippen LogP contribution is -1.89. The van der Waals surface area contributed by atoms with Crippen LogP contribution in [-0.2, 0) is 25.7 Å². The highest BCUT2D eigenvalue weighted by Gasteiger charge is 2.21. The molecule has 0 bridgehead atoms. The fourth-order valence-corrected chi connectivity index (χ4v) is 10.0. The number of hydrogen-bond donors (Lipinski definition) is 0. The van der Waals surface area contributed by atoms with E-state index in [4.69, 9.17) is 0 Å². The summed E-state index contributed by atoms with van der Waals surface area (Å²) >= 11 is 6.87. The van der Waals surface area contributed by atoms with Crippen LogP contribution in [-0.4, -0.2) is 0 Å². The van der Waals surface area contributed by atoms with Gasteiger partial charge in [-0.05, 0) is 84.4 Å². The Labute approximate surface area is 251 Å². The Morgan fingerprint density at radius 3 is 1.15 bits per heavy atom. The third-order valence-electron chi connectivity index (χ3n) is 6.64. The van der Waals surface area contributed by atoms with Crippen molar-refractivity contribution in [3.05, 3.63) is 67.4 Å². The number of allylic oxidation sites excluding steroid dienone is 2. The van der Waals surface area contributed by atoms with Gasteiger partial charge in [-0.25, -0.2) is 0 Å². The van der Waals surface area contributed by atoms with Crippen molar-refractivity contribution in [2.75, 3.05) is 0 Å². The minimum atomic E-state index is 0.129. The molecule has 4 nitrogen and oxygen atoms in total. The number of rotatable bonds is 9. The first-order chi connectivity index (χ1) is 19.5. The SMILES string of the molecule is CCc1c(C=C(C#N)C#N)sc(-c2ccc(-c3ccc(-c4sc(C=C(C#N)C#N)c(CC)c4CC)s3)s2)c1CC. The summed E-state index contributed by atoms with van der Waals surface area (Å²) < 4.78 is 0. The largest absolute Gasteiger partial charge is 0.192 e. The monoisotopic (exact) mass is 594 g/mol. The van der Waals surface area contributed by atoms with E-state index in [0.717, 1.165) is 35.4 Å². The van der Waals surface area contributed by atoms with E-state index in [0.29, 0.717) is 0 Å². The van der Waals surface area contributed by atoms with Crippen molar-refractivity contribution < 1.29 is 0 Å². The first-order valence-electron chi connectivity index (χ1n) is 13.0. The predicted molar refractivity (Wildman–Crippen MR) is 170 cm³/mol. The van der Waals surface area contributed by atoms with Gasteiger partial charge in [0.05, 0.1) is 0 Å². The van der Waals surface area contributed by atoms with Crippen LogP contribution < -0.4 is 0 Å². The van der Waals surface area contributed by atoms with Crippen LogP contribution in [0.25, 0.3) is 41.4 Å². The number of nitriles is 4. The van der Waals surface area contributed by atoms with E-state index < -0.39 is 0 Å². The standard InChI is InChI=1S/C32H26N4S4/c1-5-21-23(7-3)31(39-29(21)13-19(15-33)16-34)27-11-9-25(37-27)26-10-12-28(38-26)32-24(8-4)22(6-2)30(40-32)14-20(17-35)18-36/h9-14H,5-8H2,1-4H3. The van der Waals surface area contributed by atoms with Crippen LogP contribution >= 0.6 is 45.3 Å². The maximum atomic E-state index is 9.28. The summed E-state index contributed by atoms with van der Waals surface area (Å²) in [5, 5.41) is 37.1. The zero-order valence-electron chi connectivity index (χ0n) is 22.7. The molecule has 0 radical (unpaired) electrons. The topological polar surface area (TPSA) is 95.2 Å². The molecule has 0 aliphatic heterocycles. The van der Waals surface area contributed by atoms with Gasteiger partial charge in [-0.3, -0.25) is 0 Å². The Morgan fingerprint density at radius 2 is 0.850 bits per heavy atom. The highest BCUT2D eigenvalue weighted by molar-refractivity contribution is 7.28. The Morgan fingerprint density at radius 1 is 0.525 bits per heavy atom. The minimum Gasteiger partial charge on any atom is -0.192 e. The van der Waals surface area contributed by atoms with E-state index in [1.54, 1.807) is 57.5 Å². The van der Waals surface area contributed by atoms with Crippen LogP contribution in [0.3, 0.4) is 0 Å². The van der Waals surface area contributed by atoms with E-state index in [-0.39, 0.29) is 11.1 Å². The molecule has 0 atom stereocenters. The van der Waals surface area contributed by atoms with E-state index in [9.17, 15) is 21.0 Å². The molecular formula is C32H26N4S4. The third kappa shape index (κ3) is 5.59. The van der Waals surface area contributed by atoms with Crippen molar-refractivity contribution in [2.45, 2.75) is 53.4 Å². The molecular weight excluding hydrogens is 569 g/mol. The molecule has 0 N–H and O–H groups in total. The van der Waals surface area contributed by atoms with Gasteiger partial charge < -0.3 is 0 Å². The van der Waals surface area contributed by atoms with Crippen molar-refractivity contribution in [3.8, 4) is 53.5 Å². The zero-order chi connectivity index (χ0) is 28.8. The molecule has 0 saturated carbocycles. The average Bonchev–Trinajstić information content (AvgIpc) is 3.77. The molecule has 0 aliphatic carbocycles. The molecule has 4 aromatic heterocycles. The average molecular weight is 595 g/mol. The molecule has 0 aromatic carbocycles. The molecule has 0 unspecified atom stereocenters. The molecule has 198 valence electrons. The molecule has 0 spiro atoms. The molecule has 0 saturated heterocycles. The molecule has 40 heavy (non-hydrogen) atoms. The molecule has 8 heteroatoms. The van der Waals surface area contributed by atoms with Gasteiger partial charge in [-0.15, -0.1) is 45.3 Å². The minimum absolute atomic E-state index is 0.129. The maximum absolute atomic E-state index is 9.28. The van der Waals surface area contributed by atoms with E-state index in [2.05, 4.69) is 52.0 Å². The van der Waals surface area contributed by atoms with Crippen LogP contribution in [0.4, 0.5) is 0 Å². The lowest BCUT2D eigenvalue weighted by molar-refractivity contribution is 1.05. The summed E-state index contributed by atoms with van der Waals surface area (Å²) in [6.45, 7) is 8.56. The van der Waals surface area contributed by atoms with Crippen molar-refractivity contribution in [2.24, 2.45) is 0 Å². The van der Waals surface area contributed by atoms with E-state index >= 15 is 0 Å². The van der Waals surface area contributed by atoms with Crippen molar-refractivity contribution in [3.63, 3.8) is 0 Å². The molecule has 0 fully saturated rings. The molecule has 4 aromatic rings. The van der Waals surface area contributed by atoms with Gasteiger partial charge in [0.25, 0.3) is 0 Å². The van der Waals surface area contributed by atoms with Gasteiger partial charge in [-0.2, -0.15) is 21.0 Å². The van der Waals surface area contributed by atoms with Crippen LogP contribution in [0.15, 0.2) is 35.4 Å². The molecule has 4 heterocycles. The molecule has 4 rings (SSSR count). The van der Waals surface area contributed by atoms with Crippen molar-refractivity contribution >= 4 is 57.5 Å². The second-order valence-electron chi connectivity index (χ2n) is 8.81. The van der Waals surface area contributed by atoms with E-state index in [1.165, 1.54) is 51.5 Å². The second kappa shape index (κ2) is 13.1. The van der Waals surface area contributed by atoms with Gasteiger partial charge >= 0.3 is 0 Å².